The van der Waals surface area contributed by atoms with Gasteiger partial charge in [-0.1, -0.05) is 18.2 Å². The molecule has 2 aromatic carbocycles. The van der Waals surface area contributed by atoms with Gasteiger partial charge in [-0.25, -0.2) is 4.39 Å². The zero-order valence-corrected chi connectivity index (χ0v) is 16.3. The highest BCUT2D eigenvalue weighted by Gasteiger charge is 2.35. The first kappa shape index (κ1) is 19.6. The number of carbonyl (C=O) groups is 2. The van der Waals surface area contributed by atoms with Crippen molar-refractivity contribution in [2.75, 3.05) is 31.2 Å². The number of anilines is 1. The second kappa shape index (κ2) is 8.33. The largest absolute Gasteiger partial charge is 0.381 e. The van der Waals surface area contributed by atoms with Crippen molar-refractivity contribution in [3.8, 4) is 0 Å². The van der Waals surface area contributed by atoms with Gasteiger partial charge in [0, 0.05) is 49.4 Å². The number of nitrogens with one attached hydrogen (secondary N) is 1. The van der Waals surface area contributed by atoms with Crippen molar-refractivity contribution in [3.63, 3.8) is 0 Å². The van der Waals surface area contributed by atoms with Gasteiger partial charge in [0.15, 0.2) is 0 Å². The van der Waals surface area contributed by atoms with E-state index in [-0.39, 0.29) is 23.0 Å². The van der Waals surface area contributed by atoms with E-state index >= 15 is 0 Å². The summed E-state index contributed by atoms with van der Waals surface area (Å²) < 4.78 is 19.3. The van der Waals surface area contributed by atoms with Gasteiger partial charge in [0.2, 0.25) is 5.91 Å². The number of amides is 2. The second-order valence-corrected chi connectivity index (χ2v) is 7.78. The fourth-order valence-electron chi connectivity index (χ4n) is 4.24. The predicted octanol–water partition coefficient (Wildman–Crippen LogP) is 3.43. The van der Waals surface area contributed by atoms with E-state index < -0.39 is 0 Å². The Hall–Kier alpha value is -2.73. The molecule has 0 radical (unpaired) electrons. The van der Waals surface area contributed by atoms with Crippen LogP contribution >= 0.6 is 0 Å². The van der Waals surface area contributed by atoms with Crippen LogP contribution in [0.4, 0.5) is 10.1 Å². The van der Waals surface area contributed by atoms with E-state index in [2.05, 4.69) is 5.32 Å². The van der Waals surface area contributed by atoms with Crippen molar-refractivity contribution >= 4 is 17.5 Å². The molecule has 2 fully saturated rings. The quantitative estimate of drug-likeness (QED) is 0.842. The van der Waals surface area contributed by atoms with Gasteiger partial charge in [-0.2, -0.15) is 0 Å². The third-order valence-corrected chi connectivity index (χ3v) is 5.97. The standard InChI is InChI=1S/C23H25FN2O3/c24-19-6-2-5-18(15-19)23(9-12-29-13-10-23)16-25-22(28)17-4-1-7-20(14-17)26-11-3-8-21(26)27/h1-2,4-7,14-15H,3,8-13,16H2,(H,25,28). The molecule has 1 N–H and O–H groups in total. The molecule has 0 aliphatic carbocycles. The van der Waals surface area contributed by atoms with Gasteiger partial charge >= 0.3 is 0 Å². The lowest BCUT2D eigenvalue weighted by molar-refractivity contribution is -0.117. The Labute approximate surface area is 169 Å². The smallest absolute Gasteiger partial charge is 0.251 e. The molecule has 5 nitrogen and oxygen atoms in total. The number of benzene rings is 2. The Morgan fingerprint density at radius 1 is 1.14 bits per heavy atom. The zero-order chi connectivity index (χ0) is 20.3. The van der Waals surface area contributed by atoms with Crippen LogP contribution < -0.4 is 10.2 Å². The number of hydrogen-bond donors (Lipinski definition) is 1. The van der Waals surface area contributed by atoms with Gasteiger partial charge in [-0.15, -0.1) is 0 Å². The molecule has 4 rings (SSSR count). The summed E-state index contributed by atoms with van der Waals surface area (Å²) in [5.74, 6) is -0.377. The van der Waals surface area contributed by atoms with E-state index in [1.54, 1.807) is 35.2 Å². The summed E-state index contributed by atoms with van der Waals surface area (Å²) in [5.41, 5.74) is 1.81. The minimum Gasteiger partial charge on any atom is -0.381 e. The van der Waals surface area contributed by atoms with Crippen LogP contribution in [0.15, 0.2) is 48.5 Å². The van der Waals surface area contributed by atoms with Crippen LogP contribution in [-0.2, 0) is 14.9 Å². The first-order valence-corrected chi connectivity index (χ1v) is 10.1. The maximum atomic E-state index is 13.8. The fraction of sp³-hybridized carbons (Fsp3) is 0.391. The Kier molecular flexibility index (Phi) is 5.62. The number of carbonyl (C=O) groups excluding carboxylic acids is 2. The molecular formula is C23H25FN2O3. The lowest BCUT2D eigenvalue weighted by atomic mass is 9.74. The molecule has 2 aliphatic heterocycles. The molecule has 2 aliphatic rings. The van der Waals surface area contributed by atoms with Crippen LogP contribution in [0.5, 0.6) is 0 Å². The Bertz CT molecular complexity index is 909. The fourth-order valence-corrected chi connectivity index (χ4v) is 4.24. The summed E-state index contributed by atoms with van der Waals surface area (Å²) in [5, 5.41) is 3.04. The topological polar surface area (TPSA) is 58.6 Å². The number of hydrogen-bond acceptors (Lipinski definition) is 3. The minimum atomic E-state index is -0.349. The van der Waals surface area contributed by atoms with E-state index in [4.69, 9.17) is 4.74 Å². The molecule has 0 saturated carbocycles. The molecule has 29 heavy (non-hydrogen) atoms. The normalized spacial score (nSPS) is 18.7. The van der Waals surface area contributed by atoms with Crippen molar-refractivity contribution in [3.05, 3.63) is 65.5 Å². The number of ether oxygens (including phenoxy) is 1. The van der Waals surface area contributed by atoms with Crippen molar-refractivity contribution in [2.45, 2.75) is 31.1 Å². The van der Waals surface area contributed by atoms with Gasteiger partial charge in [-0.05, 0) is 55.2 Å². The van der Waals surface area contributed by atoms with Crippen LogP contribution in [0.1, 0.15) is 41.6 Å². The summed E-state index contributed by atoms with van der Waals surface area (Å²) in [7, 11) is 0. The molecule has 0 bridgehead atoms. The molecule has 2 saturated heterocycles. The SMILES string of the molecule is O=C(NCC1(c2cccc(F)c2)CCOCC1)c1cccc(N2CCCC2=O)c1. The molecule has 2 aromatic rings. The summed E-state index contributed by atoms with van der Waals surface area (Å²) >= 11 is 0. The van der Waals surface area contributed by atoms with E-state index in [0.29, 0.717) is 38.3 Å². The molecule has 152 valence electrons. The summed E-state index contributed by atoms with van der Waals surface area (Å²) in [6.07, 6.45) is 2.83. The lowest BCUT2D eigenvalue weighted by Crippen LogP contribution is -2.44. The highest BCUT2D eigenvalue weighted by molar-refractivity contribution is 5.99. The van der Waals surface area contributed by atoms with E-state index in [9.17, 15) is 14.0 Å². The van der Waals surface area contributed by atoms with Crippen LogP contribution in [0.25, 0.3) is 0 Å². The maximum Gasteiger partial charge on any atom is 0.251 e. The first-order valence-electron chi connectivity index (χ1n) is 10.1. The molecule has 0 atom stereocenters. The number of rotatable bonds is 5. The van der Waals surface area contributed by atoms with Crippen LogP contribution in [0.2, 0.25) is 0 Å². The maximum absolute atomic E-state index is 13.8. The summed E-state index contributed by atoms with van der Waals surface area (Å²) in [6.45, 7) is 2.26. The zero-order valence-electron chi connectivity index (χ0n) is 16.3. The highest BCUT2D eigenvalue weighted by atomic mass is 19.1. The average molecular weight is 396 g/mol. The molecular weight excluding hydrogens is 371 g/mol. The molecule has 0 spiro atoms. The second-order valence-electron chi connectivity index (χ2n) is 7.78. The summed E-state index contributed by atoms with van der Waals surface area (Å²) in [4.78, 5) is 26.6. The highest BCUT2D eigenvalue weighted by Crippen LogP contribution is 2.34. The van der Waals surface area contributed by atoms with Gasteiger partial charge in [0.05, 0.1) is 0 Å². The van der Waals surface area contributed by atoms with Crippen molar-refractivity contribution in [2.24, 2.45) is 0 Å². The number of halogens is 1. The Morgan fingerprint density at radius 3 is 2.66 bits per heavy atom. The van der Waals surface area contributed by atoms with E-state index in [0.717, 1.165) is 30.5 Å². The molecule has 0 unspecified atom stereocenters. The lowest BCUT2D eigenvalue weighted by Gasteiger charge is -2.38. The average Bonchev–Trinajstić information content (AvgIpc) is 3.19. The monoisotopic (exact) mass is 396 g/mol. The molecule has 0 aromatic heterocycles. The first-order chi connectivity index (χ1) is 14.1. The minimum absolute atomic E-state index is 0.0924. The van der Waals surface area contributed by atoms with Crippen LogP contribution in [0.3, 0.4) is 0 Å². The Balaban J connectivity index is 1.51. The van der Waals surface area contributed by atoms with E-state index in [1.165, 1.54) is 6.07 Å². The molecule has 6 heteroatoms. The predicted molar refractivity (Wildman–Crippen MR) is 108 cm³/mol. The summed E-state index contributed by atoms with van der Waals surface area (Å²) in [6, 6.07) is 13.8. The molecule has 2 heterocycles. The van der Waals surface area contributed by atoms with Crippen LogP contribution in [-0.4, -0.2) is 38.1 Å². The van der Waals surface area contributed by atoms with Gasteiger partial charge in [0.1, 0.15) is 5.82 Å². The number of nitrogens with zero attached hydrogens (tertiary/aromatic N) is 1. The van der Waals surface area contributed by atoms with Crippen LogP contribution in [0, 0.1) is 5.82 Å². The van der Waals surface area contributed by atoms with Crippen molar-refractivity contribution in [1.82, 2.24) is 5.32 Å². The van der Waals surface area contributed by atoms with Gasteiger partial charge < -0.3 is 15.0 Å². The van der Waals surface area contributed by atoms with E-state index in [1.807, 2.05) is 12.1 Å². The Morgan fingerprint density at radius 2 is 1.93 bits per heavy atom. The van der Waals surface area contributed by atoms with Gasteiger partial charge in [0.25, 0.3) is 5.91 Å². The van der Waals surface area contributed by atoms with Crippen molar-refractivity contribution < 1.29 is 18.7 Å². The third-order valence-electron chi connectivity index (χ3n) is 5.97. The molecule has 2 amide bonds. The third kappa shape index (κ3) is 4.17. The van der Waals surface area contributed by atoms with Crippen molar-refractivity contribution in [1.29, 1.82) is 0 Å². The van der Waals surface area contributed by atoms with Gasteiger partial charge in [-0.3, -0.25) is 9.59 Å².